The summed E-state index contributed by atoms with van der Waals surface area (Å²) in [6.07, 6.45) is 2.84. The zero-order valence-electron chi connectivity index (χ0n) is 14.4. The smallest absolute Gasteiger partial charge is 0.247 e. The molecule has 2 atom stereocenters. The van der Waals surface area contributed by atoms with Crippen LogP contribution in [0.4, 0.5) is 0 Å². The largest absolute Gasteiger partial charge is 0.494 e. The van der Waals surface area contributed by atoms with Crippen molar-refractivity contribution in [2.45, 2.75) is 63.9 Å². The minimum Gasteiger partial charge on any atom is -0.494 e. The second-order valence-corrected chi connectivity index (χ2v) is 7.75. The monoisotopic (exact) mass is 341 g/mol. The van der Waals surface area contributed by atoms with Gasteiger partial charge in [0.2, 0.25) is 10.0 Å². The molecule has 0 N–H and O–H groups in total. The molecule has 1 fully saturated rings. The maximum absolute atomic E-state index is 13.3. The van der Waals surface area contributed by atoms with Crippen molar-refractivity contribution >= 4 is 10.0 Å². The van der Waals surface area contributed by atoms with Crippen molar-refractivity contribution in [3.63, 3.8) is 0 Å². The summed E-state index contributed by atoms with van der Waals surface area (Å²) in [5.74, 6) is 0.938. The molecule has 0 aliphatic carbocycles. The van der Waals surface area contributed by atoms with Crippen molar-refractivity contribution in [1.29, 1.82) is 0 Å². The van der Waals surface area contributed by atoms with E-state index in [1.807, 2.05) is 27.7 Å². The SMILES string of the molecule is CCOc1ccc(OCC)c(S(=O)(=O)N2C(C)CCCC2C)c1. The molecule has 1 aromatic rings. The van der Waals surface area contributed by atoms with E-state index in [4.69, 9.17) is 9.47 Å². The third kappa shape index (κ3) is 3.80. The predicted molar refractivity (Wildman–Crippen MR) is 90.6 cm³/mol. The van der Waals surface area contributed by atoms with E-state index in [0.29, 0.717) is 24.7 Å². The molecule has 0 amide bonds. The maximum atomic E-state index is 13.3. The second-order valence-electron chi connectivity index (χ2n) is 5.94. The van der Waals surface area contributed by atoms with Crippen molar-refractivity contribution < 1.29 is 17.9 Å². The van der Waals surface area contributed by atoms with E-state index >= 15 is 0 Å². The van der Waals surface area contributed by atoms with Gasteiger partial charge in [-0.3, -0.25) is 0 Å². The van der Waals surface area contributed by atoms with Crippen LogP contribution in [-0.4, -0.2) is 38.0 Å². The Balaban J connectivity index is 2.49. The summed E-state index contributed by atoms with van der Waals surface area (Å²) in [5, 5.41) is 0. The summed E-state index contributed by atoms with van der Waals surface area (Å²) in [7, 11) is -3.63. The lowest BCUT2D eigenvalue weighted by Crippen LogP contribution is -2.47. The van der Waals surface area contributed by atoms with Gasteiger partial charge in [0.25, 0.3) is 0 Å². The number of rotatable bonds is 6. The van der Waals surface area contributed by atoms with Gasteiger partial charge in [0.15, 0.2) is 0 Å². The molecule has 0 saturated carbocycles. The lowest BCUT2D eigenvalue weighted by Gasteiger charge is -2.38. The van der Waals surface area contributed by atoms with Crippen LogP contribution in [0.25, 0.3) is 0 Å². The first-order valence-electron chi connectivity index (χ1n) is 8.35. The van der Waals surface area contributed by atoms with Gasteiger partial charge in [-0.1, -0.05) is 6.42 Å². The van der Waals surface area contributed by atoms with Gasteiger partial charge in [0, 0.05) is 18.2 Å². The molecule has 1 saturated heterocycles. The minimum atomic E-state index is -3.63. The Labute approximate surface area is 139 Å². The standard InChI is InChI=1S/C17H27NO4S/c1-5-21-15-10-11-16(22-6-2)17(12-15)23(19,20)18-13(3)8-7-9-14(18)4/h10-14H,5-9H2,1-4H3. The Kier molecular flexibility index (Phi) is 5.92. The molecule has 0 spiro atoms. The van der Waals surface area contributed by atoms with Gasteiger partial charge >= 0.3 is 0 Å². The van der Waals surface area contributed by atoms with Gasteiger partial charge in [-0.05, 0) is 52.7 Å². The number of benzene rings is 1. The van der Waals surface area contributed by atoms with Crippen LogP contribution >= 0.6 is 0 Å². The highest BCUT2D eigenvalue weighted by molar-refractivity contribution is 7.89. The van der Waals surface area contributed by atoms with E-state index in [0.717, 1.165) is 19.3 Å². The molecule has 0 bridgehead atoms. The van der Waals surface area contributed by atoms with E-state index in [1.54, 1.807) is 22.5 Å². The molecule has 23 heavy (non-hydrogen) atoms. The van der Waals surface area contributed by atoms with E-state index in [-0.39, 0.29) is 17.0 Å². The highest BCUT2D eigenvalue weighted by Crippen LogP contribution is 2.35. The molecule has 0 radical (unpaired) electrons. The summed E-state index contributed by atoms with van der Waals surface area (Å²) in [5.41, 5.74) is 0. The number of hydrogen-bond acceptors (Lipinski definition) is 4. The fourth-order valence-corrected chi connectivity index (χ4v) is 5.24. The Morgan fingerprint density at radius 3 is 2.26 bits per heavy atom. The van der Waals surface area contributed by atoms with Crippen LogP contribution in [0, 0.1) is 0 Å². The first kappa shape index (κ1) is 18.1. The highest BCUT2D eigenvalue weighted by Gasteiger charge is 2.37. The van der Waals surface area contributed by atoms with E-state index in [9.17, 15) is 8.42 Å². The van der Waals surface area contributed by atoms with Crippen LogP contribution in [-0.2, 0) is 10.0 Å². The van der Waals surface area contributed by atoms with Crippen molar-refractivity contribution in [2.24, 2.45) is 0 Å². The number of nitrogens with zero attached hydrogens (tertiary/aromatic N) is 1. The summed E-state index contributed by atoms with van der Waals surface area (Å²) in [6.45, 7) is 8.57. The maximum Gasteiger partial charge on any atom is 0.247 e. The summed E-state index contributed by atoms with van der Waals surface area (Å²) in [4.78, 5) is 0.200. The predicted octanol–water partition coefficient (Wildman–Crippen LogP) is 3.44. The molecule has 5 nitrogen and oxygen atoms in total. The van der Waals surface area contributed by atoms with Gasteiger partial charge in [0.05, 0.1) is 13.2 Å². The van der Waals surface area contributed by atoms with Crippen LogP contribution in [0.15, 0.2) is 23.1 Å². The normalized spacial score (nSPS) is 22.8. The fraction of sp³-hybridized carbons (Fsp3) is 0.647. The molecule has 0 aromatic heterocycles. The van der Waals surface area contributed by atoms with Crippen molar-refractivity contribution in [3.8, 4) is 11.5 Å². The van der Waals surface area contributed by atoms with Crippen LogP contribution in [0.1, 0.15) is 47.0 Å². The number of hydrogen-bond donors (Lipinski definition) is 0. The summed E-state index contributed by atoms with van der Waals surface area (Å²) in [6, 6.07) is 5.00. The van der Waals surface area contributed by atoms with Gasteiger partial charge in [0.1, 0.15) is 16.4 Å². The van der Waals surface area contributed by atoms with Gasteiger partial charge in [-0.2, -0.15) is 4.31 Å². The summed E-state index contributed by atoms with van der Waals surface area (Å²) < 4.78 is 39.2. The van der Waals surface area contributed by atoms with Gasteiger partial charge in [-0.15, -0.1) is 0 Å². The molecule has 6 heteroatoms. The Bertz CT molecular complexity index is 619. The molecule has 1 aliphatic heterocycles. The van der Waals surface area contributed by atoms with Crippen LogP contribution in [0.5, 0.6) is 11.5 Å². The molecule has 2 rings (SSSR count). The quantitative estimate of drug-likeness (QED) is 0.795. The molecule has 2 unspecified atom stereocenters. The second kappa shape index (κ2) is 7.53. The number of sulfonamides is 1. The van der Waals surface area contributed by atoms with E-state index < -0.39 is 10.0 Å². The van der Waals surface area contributed by atoms with Crippen molar-refractivity contribution in [2.75, 3.05) is 13.2 Å². The fourth-order valence-electron chi connectivity index (χ4n) is 3.21. The summed E-state index contributed by atoms with van der Waals surface area (Å²) >= 11 is 0. The molecule has 1 aliphatic rings. The van der Waals surface area contributed by atoms with E-state index in [1.165, 1.54) is 0 Å². The third-order valence-electron chi connectivity index (χ3n) is 4.19. The molecular formula is C17H27NO4S. The van der Waals surface area contributed by atoms with Crippen molar-refractivity contribution in [3.05, 3.63) is 18.2 Å². The first-order valence-corrected chi connectivity index (χ1v) is 9.79. The van der Waals surface area contributed by atoms with Crippen molar-refractivity contribution in [1.82, 2.24) is 4.31 Å². The number of piperidine rings is 1. The van der Waals surface area contributed by atoms with E-state index in [2.05, 4.69) is 0 Å². The zero-order chi connectivity index (χ0) is 17.0. The van der Waals surface area contributed by atoms with Crippen LogP contribution < -0.4 is 9.47 Å². The zero-order valence-corrected chi connectivity index (χ0v) is 15.2. The molecular weight excluding hydrogens is 314 g/mol. The Morgan fingerprint density at radius 1 is 1.09 bits per heavy atom. The lowest BCUT2D eigenvalue weighted by atomic mass is 10.0. The Morgan fingerprint density at radius 2 is 1.70 bits per heavy atom. The lowest BCUT2D eigenvalue weighted by molar-refractivity contribution is 0.203. The average molecular weight is 341 g/mol. The van der Waals surface area contributed by atoms with Gasteiger partial charge < -0.3 is 9.47 Å². The Hall–Kier alpha value is -1.27. The van der Waals surface area contributed by atoms with Gasteiger partial charge in [-0.25, -0.2) is 8.42 Å². The molecule has 130 valence electrons. The minimum absolute atomic E-state index is 0.00558. The number of ether oxygens (including phenoxy) is 2. The highest BCUT2D eigenvalue weighted by atomic mass is 32.2. The third-order valence-corrected chi connectivity index (χ3v) is 6.34. The topological polar surface area (TPSA) is 55.8 Å². The molecule has 1 heterocycles. The van der Waals surface area contributed by atoms with Crippen LogP contribution in [0.2, 0.25) is 0 Å². The first-order chi connectivity index (χ1) is 10.9. The average Bonchev–Trinajstić information content (AvgIpc) is 2.49. The van der Waals surface area contributed by atoms with Crippen LogP contribution in [0.3, 0.4) is 0 Å². The molecule has 1 aromatic carbocycles.